The van der Waals surface area contributed by atoms with Crippen LogP contribution < -0.4 is 10.6 Å². The molecule has 0 spiro atoms. The number of carbonyl (C=O) groups excluding carboxylic acids is 1. The molecule has 1 saturated heterocycles. The Labute approximate surface area is 123 Å². The number of aliphatic hydroxyl groups is 1. The van der Waals surface area contributed by atoms with Crippen molar-refractivity contribution >= 4 is 23.3 Å². The number of amides is 2. The van der Waals surface area contributed by atoms with Gasteiger partial charge in [0.2, 0.25) is 0 Å². The van der Waals surface area contributed by atoms with Gasteiger partial charge in [0.1, 0.15) is 0 Å². The summed E-state index contributed by atoms with van der Waals surface area (Å²) in [5.74, 6) is 0. The molecule has 0 saturated carbocycles. The van der Waals surface area contributed by atoms with Crippen molar-refractivity contribution in [3.8, 4) is 0 Å². The number of aryl methyl sites for hydroxylation is 1. The molecule has 0 unspecified atom stereocenters. The van der Waals surface area contributed by atoms with Gasteiger partial charge in [0.05, 0.1) is 6.61 Å². The number of likely N-dealkylation sites (tertiary alicyclic amines) is 1. The zero-order valence-corrected chi connectivity index (χ0v) is 12.4. The first-order valence-corrected chi connectivity index (χ1v) is 7.02. The molecule has 110 valence electrons. The topological polar surface area (TPSA) is 64.6 Å². The SMILES string of the molecule is Cc1cc(Cl)ccc1NC(=O)N[C@@H]1C[C@@H](CO)N(C)C1. The Hall–Kier alpha value is -1.30. The Kier molecular flexibility index (Phi) is 4.86. The van der Waals surface area contributed by atoms with Crippen LogP contribution in [0.5, 0.6) is 0 Å². The zero-order valence-electron chi connectivity index (χ0n) is 11.7. The number of likely N-dealkylation sites (N-methyl/N-ethyl adjacent to an activating group) is 1. The highest BCUT2D eigenvalue weighted by molar-refractivity contribution is 6.30. The van der Waals surface area contributed by atoms with Gasteiger partial charge in [-0.2, -0.15) is 0 Å². The maximum absolute atomic E-state index is 12.0. The maximum Gasteiger partial charge on any atom is 0.319 e. The number of anilines is 1. The van der Waals surface area contributed by atoms with Gasteiger partial charge in [0.15, 0.2) is 0 Å². The zero-order chi connectivity index (χ0) is 14.7. The Balaban J connectivity index is 1.90. The molecular weight excluding hydrogens is 278 g/mol. The normalized spacial score (nSPS) is 22.8. The summed E-state index contributed by atoms with van der Waals surface area (Å²) in [5.41, 5.74) is 1.67. The highest BCUT2D eigenvalue weighted by Crippen LogP contribution is 2.20. The number of nitrogens with one attached hydrogen (secondary N) is 2. The monoisotopic (exact) mass is 297 g/mol. The third-order valence-electron chi connectivity index (χ3n) is 3.67. The third kappa shape index (κ3) is 3.62. The second kappa shape index (κ2) is 6.43. The molecule has 6 heteroatoms. The van der Waals surface area contributed by atoms with E-state index < -0.39 is 0 Å². The minimum Gasteiger partial charge on any atom is -0.395 e. The number of nitrogens with zero attached hydrogens (tertiary/aromatic N) is 1. The van der Waals surface area contributed by atoms with Crippen LogP contribution >= 0.6 is 11.6 Å². The molecule has 1 fully saturated rings. The molecule has 1 aromatic carbocycles. The smallest absolute Gasteiger partial charge is 0.319 e. The van der Waals surface area contributed by atoms with Gasteiger partial charge < -0.3 is 15.7 Å². The van der Waals surface area contributed by atoms with Crippen molar-refractivity contribution in [3.63, 3.8) is 0 Å². The van der Waals surface area contributed by atoms with Crippen LogP contribution in [0.25, 0.3) is 0 Å². The van der Waals surface area contributed by atoms with Crippen molar-refractivity contribution in [2.45, 2.75) is 25.4 Å². The summed E-state index contributed by atoms with van der Waals surface area (Å²) in [5, 5.41) is 15.6. The maximum atomic E-state index is 12.0. The van der Waals surface area contributed by atoms with Crippen LogP contribution in [0.3, 0.4) is 0 Å². The van der Waals surface area contributed by atoms with E-state index in [-0.39, 0.29) is 24.7 Å². The summed E-state index contributed by atoms with van der Waals surface area (Å²) in [4.78, 5) is 14.0. The van der Waals surface area contributed by atoms with Crippen molar-refractivity contribution in [1.82, 2.24) is 10.2 Å². The van der Waals surface area contributed by atoms with Gasteiger partial charge in [-0.3, -0.25) is 4.90 Å². The molecule has 2 amide bonds. The molecule has 2 atom stereocenters. The minimum absolute atomic E-state index is 0.0600. The van der Waals surface area contributed by atoms with Gasteiger partial charge in [0.25, 0.3) is 0 Å². The Morgan fingerprint density at radius 2 is 2.30 bits per heavy atom. The van der Waals surface area contributed by atoms with Crippen molar-refractivity contribution < 1.29 is 9.90 Å². The Morgan fingerprint density at radius 3 is 2.90 bits per heavy atom. The summed E-state index contributed by atoms with van der Waals surface area (Å²) in [6, 6.07) is 5.29. The van der Waals surface area contributed by atoms with Crippen molar-refractivity contribution in [2.75, 3.05) is 25.5 Å². The van der Waals surface area contributed by atoms with Crippen LogP contribution in [0, 0.1) is 6.92 Å². The number of rotatable bonds is 3. The lowest BCUT2D eigenvalue weighted by Gasteiger charge is -2.15. The number of benzene rings is 1. The second-order valence-corrected chi connectivity index (χ2v) is 5.70. The van der Waals surface area contributed by atoms with Crippen LogP contribution in [0.1, 0.15) is 12.0 Å². The largest absolute Gasteiger partial charge is 0.395 e. The molecule has 2 rings (SSSR count). The first kappa shape index (κ1) is 15.1. The molecule has 3 N–H and O–H groups in total. The summed E-state index contributed by atoms with van der Waals surface area (Å²) < 4.78 is 0. The van der Waals surface area contributed by atoms with Crippen LogP contribution in [-0.4, -0.2) is 48.3 Å². The average molecular weight is 298 g/mol. The van der Waals surface area contributed by atoms with Gasteiger partial charge in [-0.15, -0.1) is 0 Å². The van der Waals surface area contributed by atoms with Crippen LogP contribution in [0.4, 0.5) is 10.5 Å². The molecule has 0 radical (unpaired) electrons. The van der Waals surface area contributed by atoms with E-state index in [4.69, 9.17) is 11.6 Å². The lowest BCUT2D eigenvalue weighted by molar-refractivity contribution is 0.182. The number of hydrogen-bond donors (Lipinski definition) is 3. The molecule has 20 heavy (non-hydrogen) atoms. The number of halogens is 1. The van der Waals surface area contributed by atoms with Crippen molar-refractivity contribution in [3.05, 3.63) is 28.8 Å². The summed E-state index contributed by atoms with van der Waals surface area (Å²) in [6.45, 7) is 2.76. The molecule has 1 heterocycles. The second-order valence-electron chi connectivity index (χ2n) is 5.27. The van der Waals surface area contributed by atoms with Gasteiger partial charge in [-0.05, 0) is 44.2 Å². The van der Waals surface area contributed by atoms with E-state index in [0.29, 0.717) is 5.02 Å². The van der Waals surface area contributed by atoms with E-state index in [9.17, 15) is 9.90 Å². The molecule has 0 aromatic heterocycles. The Morgan fingerprint density at radius 1 is 1.55 bits per heavy atom. The summed E-state index contributed by atoms with van der Waals surface area (Å²) in [6.07, 6.45) is 0.764. The number of urea groups is 1. The highest BCUT2D eigenvalue weighted by Gasteiger charge is 2.29. The molecule has 5 nitrogen and oxygen atoms in total. The summed E-state index contributed by atoms with van der Waals surface area (Å²) >= 11 is 5.88. The molecule has 1 aliphatic rings. The van der Waals surface area contributed by atoms with E-state index in [0.717, 1.165) is 24.2 Å². The van der Waals surface area contributed by atoms with E-state index in [1.807, 2.05) is 20.0 Å². The lowest BCUT2D eigenvalue weighted by atomic mass is 10.2. The van der Waals surface area contributed by atoms with E-state index in [1.54, 1.807) is 12.1 Å². The van der Waals surface area contributed by atoms with Gasteiger partial charge >= 0.3 is 6.03 Å². The first-order valence-electron chi connectivity index (χ1n) is 6.64. The molecule has 0 bridgehead atoms. The van der Waals surface area contributed by atoms with Gasteiger partial charge in [-0.25, -0.2) is 4.79 Å². The minimum atomic E-state index is -0.229. The predicted octanol–water partition coefficient (Wildman–Crippen LogP) is 1.83. The fourth-order valence-electron chi connectivity index (χ4n) is 2.51. The van der Waals surface area contributed by atoms with Crippen molar-refractivity contribution in [2.24, 2.45) is 0 Å². The number of carbonyl (C=O) groups is 1. The third-order valence-corrected chi connectivity index (χ3v) is 3.91. The number of hydrogen-bond acceptors (Lipinski definition) is 3. The standard InChI is InChI=1S/C14H20ClN3O2/c1-9-5-10(15)3-4-13(9)17-14(20)16-11-6-12(8-19)18(2)7-11/h3-5,11-12,19H,6-8H2,1-2H3,(H2,16,17,20)/t11-,12+/m1/s1. The van der Waals surface area contributed by atoms with Crippen LogP contribution in [-0.2, 0) is 0 Å². The van der Waals surface area contributed by atoms with Gasteiger partial charge in [0, 0.05) is 29.3 Å². The first-order chi connectivity index (χ1) is 9.49. The van der Waals surface area contributed by atoms with E-state index >= 15 is 0 Å². The molecular formula is C14H20ClN3O2. The fraction of sp³-hybridized carbons (Fsp3) is 0.500. The van der Waals surface area contributed by atoms with Crippen LogP contribution in [0.15, 0.2) is 18.2 Å². The van der Waals surface area contributed by atoms with E-state index in [2.05, 4.69) is 15.5 Å². The quantitative estimate of drug-likeness (QED) is 0.797. The lowest BCUT2D eigenvalue weighted by Crippen LogP contribution is -2.39. The Bertz CT molecular complexity index is 495. The average Bonchev–Trinajstić information content (AvgIpc) is 2.73. The van der Waals surface area contributed by atoms with Gasteiger partial charge in [-0.1, -0.05) is 11.6 Å². The summed E-state index contributed by atoms with van der Waals surface area (Å²) in [7, 11) is 1.95. The van der Waals surface area contributed by atoms with Crippen molar-refractivity contribution in [1.29, 1.82) is 0 Å². The fourth-order valence-corrected chi connectivity index (χ4v) is 2.74. The molecule has 0 aliphatic carbocycles. The van der Waals surface area contributed by atoms with E-state index in [1.165, 1.54) is 0 Å². The molecule has 1 aliphatic heterocycles. The predicted molar refractivity (Wildman–Crippen MR) is 80.3 cm³/mol. The number of aliphatic hydroxyl groups excluding tert-OH is 1. The van der Waals surface area contributed by atoms with Crippen LogP contribution in [0.2, 0.25) is 5.02 Å². The molecule has 1 aromatic rings. The highest BCUT2D eigenvalue weighted by atomic mass is 35.5.